The Balaban J connectivity index is 2.62. The second-order valence-electron chi connectivity index (χ2n) is 2.61. The molecule has 2 N–H and O–H groups in total. The number of ketones is 1. The molecule has 1 aliphatic heterocycles. The standard InChI is InChI=1S/C7H10N2O2/c8-1-7(11)6-3-9-2-5(6)4-10/h1,4-6,8-9H,2-3H2/t5-,6+/m0/s1. The lowest BCUT2D eigenvalue weighted by Gasteiger charge is -2.06. The zero-order valence-electron chi connectivity index (χ0n) is 6.04. The van der Waals surface area contributed by atoms with Gasteiger partial charge in [-0.1, -0.05) is 0 Å². The molecule has 0 bridgehead atoms. The molecule has 0 radical (unpaired) electrons. The Morgan fingerprint density at radius 3 is 2.82 bits per heavy atom. The van der Waals surface area contributed by atoms with Gasteiger partial charge in [0.1, 0.15) is 6.29 Å². The van der Waals surface area contributed by atoms with Crippen molar-refractivity contribution >= 4 is 18.3 Å². The molecule has 0 aromatic carbocycles. The van der Waals surface area contributed by atoms with Crippen LogP contribution in [0.4, 0.5) is 0 Å². The van der Waals surface area contributed by atoms with Gasteiger partial charge in [0.25, 0.3) is 0 Å². The summed E-state index contributed by atoms with van der Waals surface area (Å²) >= 11 is 0. The zero-order valence-corrected chi connectivity index (χ0v) is 6.04. The SMILES string of the molecule is N=CC(=O)[C@@H]1CNC[C@H]1C=O. The molecule has 1 aliphatic rings. The summed E-state index contributed by atoms with van der Waals surface area (Å²) in [5.41, 5.74) is 0. The highest BCUT2D eigenvalue weighted by atomic mass is 16.1. The van der Waals surface area contributed by atoms with Crippen LogP contribution >= 0.6 is 0 Å². The highest BCUT2D eigenvalue weighted by Crippen LogP contribution is 2.14. The Morgan fingerprint density at radius 1 is 1.55 bits per heavy atom. The number of carbonyl (C=O) groups is 2. The molecule has 0 spiro atoms. The van der Waals surface area contributed by atoms with Gasteiger partial charge in [-0.3, -0.25) is 4.79 Å². The summed E-state index contributed by atoms with van der Waals surface area (Å²) in [4.78, 5) is 21.3. The van der Waals surface area contributed by atoms with Crippen molar-refractivity contribution in [2.45, 2.75) is 0 Å². The lowest BCUT2D eigenvalue weighted by atomic mass is 9.94. The number of aldehydes is 1. The van der Waals surface area contributed by atoms with Crippen LogP contribution in [0.2, 0.25) is 0 Å². The lowest BCUT2D eigenvalue weighted by molar-refractivity contribution is -0.120. The summed E-state index contributed by atoms with van der Waals surface area (Å²) in [5, 5.41) is 9.65. The number of hydrogen-bond donors (Lipinski definition) is 2. The lowest BCUT2D eigenvalue weighted by Crippen LogP contribution is -2.24. The van der Waals surface area contributed by atoms with E-state index < -0.39 is 0 Å². The van der Waals surface area contributed by atoms with Gasteiger partial charge in [0.05, 0.1) is 6.21 Å². The van der Waals surface area contributed by atoms with E-state index in [4.69, 9.17) is 5.41 Å². The van der Waals surface area contributed by atoms with Gasteiger partial charge in [-0.25, -0.2) is 0 Å². The van der Waals surface area contributed by atoms with Crippen molar-refractivity contribution in [2.75, 3.05) is 13.1 Å². The summed E-state index contributed by atoms with van der Waals surface area (Å²) in [6.45, 7) is 1.09. The Bertz CT molecular complexity index is 191. The molecule has 1 saturated heterocycles. The van der Waals surface area contributed by atoms with Crippen LogP contribution < -0.4 is 5.32 Å². The summed E-state index contributed by atoms with van der Waals surface area (Å²) in [7, 11) is 0. The van der Waals surface area contributed by atoms with Crippen molar-refractivity contribution in [3.8, 4) is 0 Å². The quantitative estimate of drug-likeness (QED) is 0.414. The average molecular weight is 154 g/mol. The van der Waals surface area contributed by atoms with Crippen molar-refractivity contribution in [3.63, 3.8) is 0 Å². The van der Waals surface area contributed by atoms with Gasteiger partial charge in [0.2, 0.25) is 0 Å². The first-order valence-corrected chi connectivity index (χ1v) is 3.50. The smallest absolute Gasteiger partial charge is 0.178 e. The van der Waals surface area contributed by atoms with Crippen LogP contribution in [-0.2, 0) is 9.59 Å². The number of hydrogen-bond acceptors (Lipinski definition) is 4. The minimum Gasteiger partial charge on any atom is -0.315 e. The van der Waals surface area contributed by atoms with Crippen molar-refractivity contribution < 1.29 is 9.59 Å². The minimum atomic E-state index is -0.301. The molecule has 0 saturated carbocycles. The van der Waals surface area contributed by atoms with Crippen LogP contribution in [0.25, 0.3) is 0 Å². The van der Waals surface area contributed by atoms with Gasteiger partial charge in [-0.15, -0.1) is 0 Å². The minimum absolute atomic E-state index is 0.232. The van der Waals surface area contributed by atoms with Gasteiger partial charge in [-0.2, -0.15) is 0 Å². The molecule has 0 amide bonds. The summed E-state index contributed by atoms with van der Waals surface area (Å²) in [6, 6.07) is 0. The number of rotatable bonds is 3. The monoisotopic (exact) mass is 154 g/mol. The predicted molar refractivity (Wildman–Crippen MR) is 39.7 cm³/mol. The fraction of sp³-hybridized carbons (Fsp3) is 0.571. The van der Waals surface area contributed by atoms with E-state index >= 15 is 0 Å². The first-order chi connectivity index (χ1) is 5.29. The first kappa shape index (κ1) is 8.07. The number of Topliss-reactive ketones (excluding diaryl/α,β-unsaturated/α-hetero) is 1. The topological polar surface area (TPSA) is 70.0 Å². The van der Waals surface area contributed by atoms with Crippen molar-refractivity contribution in [3.05, 3.63) is 0 Å². The largest absolute Gasteiger partial charge is 0.315 e. The Labute approximate surface area is 64.5 Å². The van der Waals surface area contributed by atoms with Crippen LogP contribution in [-0.4, -0.2) is 31.4 Å². The summed E-state index contributed by atoms with van der Waals surface area (Å²) in [6.07, 6.45) is 1.57. The fourth-order valence-electron chi connectivity index (χ4n) is 1.26. The van der Waals surface area contributed by atoms with Crippen LogP contribution in [0, 0.1) is 17.2 Å². The van der Waals surface area contributed by atoms with E-state index in [1.54, 1.807) is 0 Å². The molecule has 2 atom stereocenters. The van der Waals surface area contributed by atoms with E-state index in [1.165, 1.54) is 0 Å². The van der Waals surface area contributed by atoms with Crippen LogP contribution in [0.3, 0.4) is 0 Å². The molecule has 1 fully saturated rings. The molecule has 0 aromatic heterocycles. The number of carbonyl (C=O) groups excluding carboxylic acids is 2. The highest BCUT2D eigenvalue weighted by molar-refractivity contribution is 6.27. The van der Waals surface area contributed by atoms with Crippen LogP contribution in [0.5, 0.6) is 0 Å². The second kappa shape index (κ2) is 3.39. The molecule has 1 heterocycles. The molecule has 1 rings (SSSR count). The van der Waals surface area contributed by atoms with E-state index in [0.29, 0.717) is 13.1 Å². The highest BCUT2D eigenvalue weighted by Gasteiger charge is 2.30. The average Bonchev–Trinajstić information content (AvgIpc) is 2.50. The third kappa shape index (κ3) is 1.51. The number of nitrogens with one attached hydrogen (secondary N) is 2. The van der Waals surface area contributed by atoms with E-state index in [2.05, 4.69) is 5.32 Å². The molecule has 60 valence electrons. The van der Waals surface area contributed by atoms with Crippen molar-refractivity contribution in [2.24, 2.45) is 11.8 Å². The van der Waals surface area contributed by atoms with Crippen molar-refractivity contribution in [1.82, 2.24) is 5.32 Å². The van der Waals surface area contributed by atoms with Gasteiger partial charge in [-0.05, 0) is 0 Å². The maximum atomic E-state index is 10.9. The molecular weight excluding hydrogens is 144 g/mol. The Morgan fingerprint density at radius 2 is 2.27 bits per heavy atom. The third-order valence-electron chi connectivity index (χ3n) is 1.94. The van der Waals surface area contributed by atoms with E-state index in [-0.39, 0.29) is 17.6 Å². The molecular formula is C7H10N2O2. The second-order valence-corrected chi connectivity index (χ2v) is 2.61. The maximum Gasteiger partial charge on any atom is 0.178 e. The first-order valence-electron chi connectivity index (χ1n) is 3.50. The normalized spacial score (nSPS) is 29.8. The van der Waals surface area contributed by atoms with Crippen LogP contribution in [0.1, 0.15) is 0 Å². The zero-order chi connectivity index (χ0) is 8.27. The third-order valence-corrected chi connectivity index (χ3v) is 1.94. The van der Waals surface area contributed by atoms with Crippen LogP contribution in [0.15, 0.2) is 0 Å². The van der Waals surface area contributed by atoms with Gasteiger partial charge in [0.15, 0.2) is 5.78 Å². The Hall–Kier alpha value is -1.03. The van der Waals surface area contributed by atoms with Gasteiger partial charge >= 0.3 is 0 Å². The van der Waals surface area contributed by atoms with E-state index in [1.807, 2.05) is 0 Å². The van der Waals surface area contributed by atoms with Gasteiger partial charge in [0, 0.05) is 24.9 Å². The molecule has 0 aliphatic carbocycles. The Kier molecular flexibility index (Phi) is 2.48. The maximum absolute atomic E-state index is 10.9. The van der Waals surface area contributed by atoms with E-state index in [0.717, 1.165) is 12.5 Å². The molecule has 0 unspecified atom stereocenters. The summed E-state index contributed by atoms with van der Waals surface area (Å²) < 4.78 is 0. The van der Waals surface area contributed by atoms with Gasteiger partial charge < -0.3 is 15.5 Å². The summed E-state index contributed by atoms with van der Waals surface area (Å²) in [5.74, 6) is -0.791. The molecule has 11 heavy (non-hydrogen) atoms. The van der Waals surface area contributed by atoms with E-state index in [9.17, 15) is 9.59 Å². The predicted octanol–water partition coefficient (Wildman–Crippen LogP) is -0.760. The molecule has 4 heteroatoms. The molecule has 0 aromatic rings. The molecule has 4 nitrogen and oxygen atoms in total. The fourth-order valence-corrected chi connectivity index (χ4v) is 1.26. The van der Waals surface area contributed by atoms with Crippen molar-refractivity contribution in [1.29, 1.82) is 5.41 Å².